The summed E-state index contributed by atoms with van der Waals surface area (Å²) in [6.07, 6.45) is 0. The molecule has 0 aliphatic rings. The SMILES string of the molecule is CCOC(=O)c1c(C)c(S(=O)(=O)Nc2cccc(C)c2)c(C)n1C. The van der Waals surface area contributed by atoms with E-state index in [1.165, 1.54) is 0 Å². The predicted molar refractivity (Wildman–Crippen MR) is 92.8 cm³/mol. The highest BCUT2D eigenvalue weighted by Crippen LogP contribution is 2.28. The van der Waals surface area contributed by atoms with Crippen LogP contribution in [-0.4, -0.2) is 25.6 Å². The first-order valence-corrected chi connectivity index (χ1v) is 9.09. The number of hydrogen-bond acceptors (Lipinski definition) is 4. The minimum atomic E-state index is -3.82. The zero-order valence-corrected chi connectivity index (χ0v) is 15.3. The Morgan fingerprint density at radius 2 is 1.92 bits per heavy atom. The van der Waals surface area contributed by atoms with E-state index < -0.39 is 16.0 Å². The first kappa shape index (κ1) is 18.1. The van der Waals surface area contributed by atoms with E-state index in [0.717, 1.165) is 5.56 Å². The van der Waals surface area contributed by atoms with Crippen LogP contribution in [0.25, 0.3) is 0 Å². The van der Waals surface area contributed by atoms with Crippen LogP contribution in [0.1, 0.15) is 34.2 Å². The molecule has 0 bridgehead atoms. The third-order valence-electron chi connectivity index (χ3n) is 3.87. The van der Waals surface area contributed by atoms with Gasteiger partial charge >= 0.3 is 5.97 Å². The largest absolute Gasteiger partial charge is 0.461 e. The lowest BCUT2D eigenvalue weighted by Gasteiger charge is -2.09. The van der Waals surface area contributed by atoms with Crippen LogP contribution in [0, 0.1) is 20.8 Å². The molecule has 2 aromatic rings. The number of rotatable bonds is 5. The summed E-state index contributed by atoms with van der Waals surface area (Å²) in [6.45, 7) is 7.10. The monoisotopic (exact) mass is 350 g/mol. The molecule has 130 valence electrons. The number of esters is 1. The van der Waals surface area contributed by atoms with Gasteiger partial charge < -0.3 is 9.30 Å². The molecule has 1 heterocycles. The van der Waals surface area contributed by atoms with Gasteiger partial charge in [-0.05, 0) is 45.4 Å². The predicted octanol–water partition coefficient (Wildman–Crippen LogP) is 2.93. The van der Waals surface area contributed by atoms with Gasteiger partial charge in [0.15, 0.2) is 0 Å². The molecular formula is C17H22N2O4S. The van der Waals surface area contributed by atoms with Crippen molar-refractivity contribution in [2.75, 3.05) is 11.3 Å². The van der Waals surface area contributed by atoms with E-state index in [1.807, 2.05) is 13.0 Å². The number of aromatic nitrogens is 1. The van der Waals surface area contributed by atoms with Crippen LogP contribution >= 0.6 is 0 Å². The summed E-state index contributed by atoms with van der Waals surface area (Å²) in [5.74, 6) is -0.530. The van der Waals surface area contributed by atoms with E-state index in [9.17, 15) is 13.2 Å². The number of ether oxygens (including phenoxy) is 1. The van der Waals surface area contributed by atoms with Crippen molar-refractivity contribution in [1.29, 1.82) is 0 Å². The molecule has 0 fully saturated rings. The van der Waals surface area contributed by atoms with Crippen LogP contribution in [0.3, 0.4) is 0 Å². The van der Waals surface area contributed by atoms with Crippen molar-refractivity contribution < 1.29 is 17.9 Å². The van der Waals surface area contributed by atoms with E-state index in [4.69, 9.17) is 4.74 Å². The third kappa shape index (κ3) is 3.31. The van der Waals surface area contributed by atoms with Crippen LogP contribution in [-0.2, 0) is 21.8 Å². The standard InChI is InChI=1S/C17H22N2O4S/c1-6-23-17(20)15-12(3)16(13(4)19(15)5)24(21,22)18-14-9-7-8-11(2)10-14/h7-10,18H,6H2,1-5H3. The molecule has 1 aromatic carbocycles. The highest BCUT2D eigenvalue weighted by atomic mass is 32.2. The van der Waals surface area contributed by atoms with Gasteiger partial charge in [-0.3, -0.25) is 4.72 Å². The second-order valence-corrected chi connectivity index (χ2v) is 7.26. The van der Waals surface area contributed by atoms with Gasteiger partial charge in [-0.2, -0.15) is 0 Å². The molecule has 0 amide bonds. The smallest absolute Gasteiger partial charge is 0.355 e. The lowest BCUT2D eigenvalue weighted by atomic mass is 10.2. The molecule has 1 aromatic heterocycles. The number of nitrogens with one attached hydrogen (secondary N) is 1. The van der Waals surface area contributed by atoms with E-state index in [-0.39, 0.29) is 17.2 Å². The minimum Gasteiger partial charge on any atom is -0.461 e. The van der Waals surface area contributed by atoms with E-state index in [0.29, 0.717) is 16.9 Å². The van der Waals surface area contributed by atoms with Crippen LogP contribution in [0.2, 0.25) is 0 Å². The highest BCUT2D eigenvalue weighted by Gasteiger charge is 2.29. The first-order valence-electron chi connectivity index (χ1n) is 7.61. The maximum Gasteiger partial charge on any atom is 0.355 e. The third-order valence-corrected chi connectivity index (χ3v) is 5.51. The second kappa shape index (κ2) is 6.68. The number of anilines is 1. The first-order chi connectivity index (χ1) is 11.2. The highest BCUT2D eigenvalue weighted by molar-refractivity contribution is 7.92. The fraction of sp³-hybridized carbons (Fsp3) is 0.353. The Morgan fingerprint density at radius 3 is 2.50 bits per heavy atom. The van der Waals surface area contributed by atoms with Crippen LogP contribution in [0.5, 0.6) is 0 Å². The van der Waals surface area contributed by atoms with Gasteiger partial charge in [-0.1, -0.05) is 12.1 Å². The summed E-state index contributed by atoms with van der Waals surface area (Å²) in [5.41, 5.74) is 2.54. The van der Waals surface area contributed by atoms with Crippen LogP contribution in [0.15, 0.2) is 29.2 Å². The number of carbonyl (C=O) groups is 1. The summed E-state index contributed by atoms with van der Waals surface area (Å²) in [5, 5.41) is 0. The van der Waals surface area contributed by atoms with Crippen molar-refractivity contribution in [3.8, 4) is 0 Å². The van der Waals surface area contributed by atoms with Gasteiger partial charge in [-0.25, -0.2) is 13.2 Å². The van der Waals surface area contributed by atoms with Crippen molar-refractivity contribution in [1.82, 2.24) is 4.57 Å². The number of aryl methyl sites for hydroxylation is 1. The molecule has 0 aliphatic carbocycles. The second-order valence-electron chi connectivity index (χ2n) is 5.64. The van der Waals surface area contributed by atoms with E-state index >= 15 is 0 Å². The Labute approximate surface area is 142 Å². The number of carbonyl (C=O) groups excluding carboxylic acids is 1. The number of nitrogens with zero attached hydrogens (tertiary/aromatic N) is 1. The molecule has 2 rings (SSSR count). The Balaban J connectivity index is 2.51. The lowest BCUT2D eigenvalue weighted by molar-refractivity contribution is 0.0514. The Kier molecular flexibility index (Phi) is 5.03. The summed E-state index contributed by atoms with van der Waals surface area (Å²) in [7, 11) is -2.17. The molecule has 6 nitrogen and oxygen atoms in total. The lowest BCUT2D eigenvalue weighted by Crippen LogP contribution is -2.15. The molecule has 0 spiro atoms. The van der Waals surface area contributed by atoms with E-state index in [2.05, 4.69) is 4.72 Å². The fourth-order valence-electron chi connectivity index (χ4n) is 2.75. The Bertz CT molecular complexity index is 882. The zero-order chi connectivity index (χ0) is 18.1. The van der Waals surface area contributed by atoms with Gasteiger partial charge in [0.25, 0.3) is 10.0 Å². The molecule has 0 saturated heterocycles. The average Bonchev–Trinajstić information content (AvgIpc) is 2.69. The Hall–Kier alpha value is -2.28. The molecule has 0 atom stereocenters. The summed E-state index contributed by atoms with van der Waals surface area (Å²) in [6, 6.07) is 7.10. The van der Waals surface area contributed by atoms with E-state index in [1.54, 1.807) is 50.6 Å². The molecule has 0 radical (unpaired) electrons. The van der Waals surface area contributed by atoms with Gasteiger partial charge in [0.05, 0.1) is 6.61 Å². The number of benzene rings is 1. The quantitative estimate of drug-likeness (QED) is 0.841. The fourth-order valence-corrected chi connectivity index (χ4v) is 4.32. The maximum absolute atomic E-state index is 12.8. The summed E-state index contributed by atoms with van der Waals surface area (Å²) < 4.78 is 34.8. The number of sulfonamides is 1. The van der Waals surface area contributed by atoms with Crippen LogP contribution < -0.4 is 4.72 Å². The van der Waals surface area contributed by atoms with Gasteiger partial charge in [0.1, 0.15) is 10.6 Å². The van der Waals surface area contributed by atoms with Gasteiger partial charge in [0.2, 0.25) is 0 Å². The maximum atomic E-state index is 12.8. The summed E-state index contributed by atoms with van der Waals surface area (Å²) in [4.78, 5) is 12.2. The molecule has 0 saturated carbocycles. The average molecular weight is 350 g/mol. The topological polar surface area (TPSA) is 77.4 Å². The minimum absolute atomic E-state index is 0.106. The van der Waals surface area contributed by atoms with Crippen LogP contribution in [0.4, 0.5) is 5.69 Å². The molecule has 0 aliphatic heterocycles. The molecule has 24 heavy (non-hydrogen) atoms. The molecule has 0 unspecified atom stereocenters. The molecular weight excluding hydrogens is 328 g/mol. The number of hydrogen-bond donors (Lipinski definition) is 1. The van der Waals surface area contributed by atoms with Gasteiger partial charge in [-0.15, -0.1) is 0 Å². The Morgan fingerprint density at radius 1 is 1.25 bits per heavy atom. The van der Waals surface area contributed by atoms with Crippen molar-refractivity contribution in [2.45, 2.75) is 32.6 Å². The van der Waals surface area contributed by atoms with Crippen molar-refractivity contribution in [3.63, 3.8) is 0 Å². The summed E-state index contributed by atoms with van der Waals surface area (Å²) >= 11 is 0. The normalized spacial score (nSPS) is 11.4. The van der Waals surface area contributed by atoms with Crippen molar-refractivity contribution in [3.05, 3.63) is 46.8 Å². The molecule has 7 heteroatoms. The zero-order valence-electron chi connectivity index (χ0n) is 14.5. The van der Waals surface area contributed by atoms with Crippen molar-refractivity contribution in [2.24, 2.45) is 7.05 Å². The molecule has 1 N–H and O–H groups in total. The van der Waals surface area contributed by atoms with Gasteiger partial charge in [0, 0.05) is 24.0 Å². The van der Waals surface area contributed by atoms with Crippen molar-refractivity contribution >= 4 is 21.7 Å².